The van der Waals surface area contributed by atoms with Crippen LogP contribution in [-0.2, 0) is 9.59 Å². The first-order chi connectivity index (χ1) is 9.36. The summed E-state index contributed by atoms with van der Waals surface area (Å²) in [7, 11) is 0. The van der Waals surface area contributed by atoms with Gasteiger partial charge in [-0.1, -0.05) is 20.3 Å². The van der Waals surface area contributed by atoms with Crippen molar-refractivity contribution in [3.8, 4) is 0 Å². The highest BCUT2D eigenvalue weighted by Gasteiger charge is 2.34. The predicted molar refractivity (Wildman–Crippen MR) is 80.1 cm³/mol. The summed E-state index contributed by atoms with van der Waals surface area (Å²) in [5.41, 5.74) is 5.64. The molecule has 5 heteroatoms. The maximum atomic E-state index is 12.7. The molecule has 4 unspecified atom stereocenters. The smallest absolute Gasteiger partial charge is 0.245 e. The molecule has 1 aliphatic heterocycles. The van der Waals surface area contributed by atoms with E-state index in [1.54, 1.807) is 6.92 Å². The number of likely N-dealkylation sites (tertiary alicyclic amines) is 1. The SMILES string of the molecule is CCC(C)C(NC(=O)CC(C)N)C(=O)N1CCCC1C. The first-order valence-corrected chi connectivity index (χ1v) is 7.72. The molecule has 0 spiro atoms. The lowest BCUT2D eigenvalue weighted by molar-refractivity contribution is -0.138. The normalized spacial score (nSPS) is 23.2. The second-order valence-corrected chi connectivity index (χ2v) is 6.14. The molecule has 116 valence electrons. The zero-order valence-electron chi connectivity index (χ0n) is 13.2. The number of rotatable bonds is 6. The summed E-state index contributed by atoms with van der Waals surface area (Å²) in [5.74, 6) is 0.0557. The topological polar surface area (TPSA) is 75.4 Å². The van der Waals surface area contributed by atoms with Crippen LogP contribution in [0.2, 0.25) is 0 Å². The van der Waals surface area contributed by atoms with E-state index in [4.69, 9.17) is 5.73 Å². The Morgan fingerprint density at radius 3 is 2.50 bits per heavy atom. The minimum Gasteiger partial charge on any atom is -0.344 e. The van der Waals surface area contributed by atoms with E-state index in [-0.39, 0.29) is 36.2 Å². The van der Waals surface area contributed by atoms with Gasteiger partial charge in [0.1, 0.15) is 6.04 Å². The van der Waals surface area contributed by atoms with Crippen molar-refractivity contribution in [2.75, 3.05) is 6.54 Å². The Bertz CT molecular complexity index is 344. The molecule has 5 nitrogen and oxygen atoms in total. The summed E-state index contributed by atoms with van der Waals surface area (Å²) in [6, 6.07) is -0.334. The van der Waals surface area contributed by atoms with Gasteiger partial charge in [-0.05, 0) is 32.6 Å². The first kappa shape index (κ1) is 17.0. The summed E-state index contributed by atoms with van der Waals surface area (Å²) in [5, 5.41) is 2.89. The van der Waals surface area contributed by atoms with Gasteiger partial charge in [-0.25, -0.2) is 0 Å². The van der Waals surface area contributed by atoms with Crippen LogP contribution in [0.15, 0.2) is 0 Å². The van der Waals surface area contributed by atoms with Crippen LogP contribution in [0.4, 0.5) is 0 Å². The lowest BCUT2D eigenvalue weighted by atomic mass is 9.97. The minimum absolute atomic E-state index is 0.0578. The predicted octanol–water partition coefficient (Wildman–Crippen LogP) is 1.27. The van der Waals surface area contributed by atoms with Crippen molar-refractivity contribution in [1.29, 1.82) is 0 Å². The Labute approximate surface area is 122 Å². The number of hydrogen-bond donors (Lipinski definition) is 2. The standard InChI is InChI=1S/C15H29N3O2/c1-5-10(2)14(17-13(19)9-11(3)16)15(20)18-8-6-7-12(18)4/h10-12,14H,5-9,16H2,1-4H3,(H,17,19). The third kappa shape index (κ3) is 4.47. The quantitative estimate of drug-likeness (QED) is 0.770. The summed E-state index contributed by atoms with van der Waals surface area (Å²) in [4.78, 5) is 26.5. The van der Waals surface area contributed by atoms with Gasteiger partial charge < -0.3 is 16.0 Å². The third-order valence-corrected chi connectivity index (χ3v) is 4.14. The van der Waals surface area contributed by atoms with Gasteiger partial charge in [0.2, 0.25) is 11.8 Å². The number of nitrogens with one attached hydrogen (secondary N) is 1. The fourth-order valence-electron chi connectivity index (χ4n) is 2.65. The molecule has 0 saturated carbocycles. The van der Waals surface area contributed by atoms with Crippen LogP contribution >= 0.6 is 0 Å². The van der Waals surface area contributed by atoms with Gasteiger partial charge in [-0.15, -0.1) is 0 Å². The van der Waals surface area contributed by atoms with Crippen molar-refractivity contribution in [1.82, 2.24) is 10.2 Å². The maximum absolute atomic E-state index is 12.7. The van der Waals surface area contributed by atoms with Crippen LogP contribution in [0.5, 0.6) is 0 Å². The fourth-order valence-corrected chi connectivity index (χ4v) is 2.65. The molecule has 1 aliphatic rings. The average molecular weight is 283 g/mol. The lowest BCUT2D eigenvalue weighted by Gasteiger charge is -2.30. The van der Waals surface area contributed by atoms with Gasteiger partial charge in [-0.2, -0.15) is 0 Å². The highest BCUT2D eigenvalue weighted by molar-refractivity contribution is 5.88. The molecule has 1 rings (SSSR count). The monoisotopic (exact) mass is 283 g/mol. The molecule has 3 N–H and O–H groups in total. The second-order valence-electron chi connectivity index (χ2n) is 6.14. The van der Waals surface area contributed by atoms with Crippen molar-refractivity contribution in [3.05, 3.63) is 0 Å². The number of carbonyl (C=O) groups is 2. The Kier molecular flexibility index (Phi) is 6.46. The molecule has 4 atom stereocenters. The van der Waals surface area contributed by atoms with Crippen LogP contribution < -0.4 is 11.1 Å². The average Bonchev–Trinajstić information content (AvgIpc) is 2.79. The number of nitrogens with zero attached hydrogens (tertiary/aromatic N) is 1. The van der Waals surface area contributed by atoms with Crippen LogP contribution in [-0.4, -0.2) is 41.4 Å². The number of nitrogens with two attached hydrogens (primary N) is 1. The van der Waals surface area contributed by atoms with Crippen molar-refractivity contribution in [2.24, 2.45) is 11.7 Å². The Hall–Kier alpha value is -1.10. The number of hydrogen-bond acceptors (Lipinski definition) is 3. The van der Waals surface area contributed by atoms with Crippen molar-refractivity contribution < 1.29 is 9.59 Å². The number of amides is 2. The van der Waals surface area contributed by atoms with Crippen molar-refractivity contribution in [2.45, 2.75) is 71.5 Å². The maximum Gasteiger partial charge on any atom is 0.245 e. The minimum atomic E-state index is -0.424. The highest BCUT2D eigenvalue weighted by atomic mass is 16.2. The first-order valence-electron chi connectivity index (χ1n) is 7.72. The number of carbonyl (C=O) groups excluding carboxylic acids is 2. The van der Waals surface area contributed by atoms with E-state index in [1.807, 2.05) is 18.7 Å². The summed E-state index contributed by atoms with van der Waals surface area (Å²) >= 11 is 0. The molecule has 2 amide bonds. The zero-order chi connectivity index (χ0) is 15.3. The molecule has 1 heterocycles. The molecule has 0 aliphatic carbocycles. The molecular weight excluding hydrogens is 254 g/mol. The molecule has 0 aromatic carbocycles. The van der Waals surface area contributed by atoms with Gasteiger partial charge in [0, 0.05) is 25.0 Å². The van der Waals surface area contributed by atoms with Crippen LogP contribution in [0.25, 0.3) is 0 Å². The Balaban J connectivity index is 2.73. The lowest BCUT2D eigenvalue weighted by Crippen LogP contribution is -2.53. The molecule has 0 aromatic heterocycles. The molecule has 1 saturated heterocycles. The molecular formula is C15H29N3O2. The van der Waals surface area contributed by atoms with Crippen molar-refractivity contribution >= 4 is 11.8 Å². The van der Waals surface area contributed by atoms with E-state index in [0.717, 1.165) is 25.8 Å². The van der Waals surface area contributed by atoms with Gasteiger partial charge in [-0.3, -0.25) is 9.59 Å². The summed E-state index contributed by atoms with van der Waals surface area (Å²) in [6.45, 7) is 8.71. The Morgan fingerprint density at radius 1 is 1.40 bits per heavy atom. The van der Waals surface area contributed by atoms with Gasteiger partial charge in [0.25, 0.3) is 0 Å². The van der Waals surface area contributed by atoms with E-state index >= 15 is 0 Å². The van der Waals surface area contributed by atoms with E-state index in [9.17, 15) is 9.59 Å². The summed E-state index contributed by atoms with van der Waals surface area (Å²) in [6.07, 6.45) is 3.22. The summed E-state index contributed by atoms with van der Waals surface area (Å²) < 4.78 is 0. The van der Waals surface area contributed by atoms with Crippen molar-refractivity contribution in [3.63, 3.8) is 0 Å². The van der Waals surface area contributed by atoms with Crippen LogP contribution in [0, 0.1) is 5.92 Å². The Morgan fingerprint density at radius 2 is 2.05 bits per heavy atom. The van der Waals surface area contributed by atoms with Gasteiger partial charge >= 0.3 is 0 Å². The van der Waals surface area contributed by atoms with Gasteiger partial charge in [0.05, 0.1) is 0 Å². The molecule has 0 radical (unpaired) electrons. The second kappa shape index (κ2) is 7.62. The zero-order valence-corrected chi connectivity index (χ0v) is 13.2. The largest absolute Gasteiger partial charge is 0.344 e. The van der Waals surface area contributed by atoms with E-state index in [0.29, 0.717) is 0 Å². The molecule has 20 heavy (non-hydrogen) atoms. The highest BCUT2D eigenvalue weighted by Crippen LogP contribution is 2.20. The molecule has 0 aromatic rings. The fraction of sp³-hybridized carbons (Fsp3) is 0.867. The third-order valence-electron chi connectivity index (χ3n) is 4.14. The van der Waals surface area contributed by atoms with Crippen LogP contribution in [0.3, 0.4) is 0 Å². The van der Waals surface area contributed by atoms with E-state index in [1.165, 1.54) is 0 Å². The molecule has 0 bridgehead atoms. The molecule has 1 fully saturated rings. The van der Waals surface area contributed by atoms with Gasteiger partial charge in [0.15, 0.2) is 0 Å². The van der Waals surface area contributed by atoms with E-state index < -0.39 is 6.04 Å². The van der Waals surface area contributed by atoms with Crippen LogP contribution in [0.1, 0.15) is 53.4 Å². The van der Waals surface area contributed by atoms with E-state index in [2.05, 4.69) is 12.2 Å².